The number of aliphatic hydroxyl groups is 1. The van der Waals surface area contributed by atoms with Crippen LogP contribution in [0.2, 0.25) is 0 Å². The van der Waals surface area contributed by atoms with E-state index in [4.69, 9.17) is 4.74 Å². The van der Waals surface area contributed by atoms with Gasteiger partial charge in [0.2, 0.25) is 0 Å². The number of aliphatic hydroxyl groups excluding tert-OH is 1. The highest BCUT2D eigenvalue weighted by Crippen LogP contribution is 2.15. The van der Waals surface area contributed by atoms with E-state index in [1.807, 2.05) is 30.3 Å². The van der Waals surface area contributed by atoms with E-state index in [9.17, 15) is 5.11 Å². The van der Waals surface area contributed by atoms with E-state index in [1.54, 1.807) is 0 Å². The minimum absolute atomic E-state index is 0.370. The highest BCUT2D eigenvalue weighted by molar-refractivity contribution is 5.20. The van der Waals surface area contributed by atoms with Crippen molar-refractivity contribution in [3.8, 4) is 5.75 Å². The number of nitrogens with zero attached hydrogens (tertiary/aromatic N) is 1. The third-order valence-electron chi connectivity index (χ3n) is 3.40. The van der Waals surface area contributed by atoms with E-state index in [0.29, 0.717) is 6.61 Å². The zero-order valence-electron chi connectivity index (χ0n) is 11.1. The average Bonchev–Trinajstić information content (AvgIpc) is 2.38. The Morgan fingerprint density at radius 2 is 2.17 bits per heavy atom. The van der Waals surface area contributed by atoms with E-state index >= 15 is 0 Å². The molecule has 3 nitrogen and oxygen atoms in total. The summed E-state index contributed by atoms with van der Waals surface area (Å²) in [5.74, 6) is 1.57. The van der Waals surface area contributed by atoms with Gasteiger partial charge in [-0.05, 0) is 37.4 Å². The lowest BCUT2D eigenvalue weighted by Gasteiger charge is -2.32. The van der Waals surface area contributed by atoms with Crippen LogP contribution in [0.25, 0.3) is 0 Å². The maximum atomic E-state index is 9.98. The summed E-state index contributed by atoms with van der Waals surface area (Å²) in [6.07, 6.45) is 2.15. The van der Waals surface area contributed by atoms with E-state index in [1.165, 1.54) is 12.8 Å². The van der Waals surface area contributed by atoms with Gasteiger partial charge in [-0.25, -0.2) is 0 Å². The van der Waals surface area contributed by atoms with Crippen molar-refractivity contribution >= 4 is 0 Å². The fraction of sp³-hybridized carbons (Fsp3) is 0.600. The van der Waals surface area contributed by atoms with Crippen molar-refractivity contribution in [1.29, 1.82) is 0 Å². The molecule has 0 bridgehead atoms. The lowest BCUT2D eigenvalue weighted by atomic mass is 10.0. The lowest BCUT2D eigenvalue weighted by Crippen LogP contribution is -2.41. The van der Waals surface area contributed by atoms with Crippen molar-refractivity contribution in [2.75, 3.05) is 26.2 Å². The standard InChI is InChI=1S/C15H23NO2/c1-13-6-5-9-16(10-13)11-14(17)12-18-15-7-3-2-4-8-15/h2-4,7-8,13-14,17H,5-6,9-12H2,1H3/t13-,14+/m0/s1. The van der Waals surface area contributed by atoms with Crippen molar-refractivity contribution in [2.24, 2.45) is 5.92 Å². The SMILES string of the molecule is C[C@H]1CCCN(C[C@@H](O)COc2ccccc2)C1. The van der Waals surface area contributed by atoms with Crippen LogP contribution in [0, 0.1) is 5.92 Å². The minimum Gasteiger partial charge on any atom is -0.491 e. The molecule has 1 heterocycles. The Kier molecular flexibility index (Phi) is 5.02. The first-order chi connectivity index (χ1) is 8.74. The van der Waals surface area contributed by atoms with Crippen LogP contribution >= 0.6 is 0 Å². The third kappa shape index (κ3) is 4.31. The highest BCUT2D eigenvalue weighted by Gasteiger charge is 2.18. The summed E-state index contributed by atoms with van der Waals surface area (Å²) in [6.45, 7) is 5.57. The van der Waals surface area contributed by atoms with Crippen LogP contribution in [0.3, 0.4) is 0 Å². The predicted octanol–water partition coefficient (Wildman–Crippen LogP) is 2.16. The second kappa shape index (κ2) is 6.76. The van der Waals surface area contributed by atoms with Gasteiger partial charge in [0.1, 0.15) is 18.5 Å². The van der Waals surface area contributed by atoms with Gasteiger partial charge in [0.05, 0.1) is 0 Å². The fourth-order valence-electron chi connectivity index (χ4n) is 2.51. The van der Waals surface area contributed by atoms with Crippen molar-refractivity contribution in [2.45, 2.75) is 25.9 Å². The number of piperidine rings is 1. The molecule has 1 aliphatic heterocycles. The molecule has 0 radical (unpaired) electrons. The molecular weight excluding hydrogens is 226 g/mol. The second-order valence-corrected chi connectivity index (χ2v) is 5.28. The van der Waals surface area contributed by atoms with Gasteiger partial charge in [0.15, 0.2) is 0 Å². The highest BCUT2D eigenvalue weighted by atomic mass is 16.5. The molecular formula is C15H23NO2. The molecule has 18 heavy (non-hydrogen) atoms. The first-order valence-corrected chi connectivity index (χ1v) is 6.82. The number of benzene rings is 1. The molecule has 3 heteroatoms. The van der Waals surface area contributed by atoms with Gasteiger partial charge in [-0.15, -0.1) is 0 Å². The summed E-state index contributed by atoms with van der Waals surface area (Å²) in [6, 6.07) is 9.66. The van der Waals surface area contributed by atoms with E-state index in [2.05, 4.69) is 11.8 Å². The molecule has 100 valence electrons. The minimum atomic E-state index is -0.407. The Morgan fingerprint density at radius 1 is 1.39 bits per heavy atom. The summed E-state index contributed by atoms with van der Waals surface area (Å²) in [5.41, 5.74) is 0. The second-order valence-electron chi connectivity index (χ2n) is 5.28. The summed E-state index contributed by atoms with van der Waals surface area (Å²) in [5, 5.41) is 9.98. The predicted molar refractivity (Wildman–Crippen MR) is 72.8 cm³/mol. The van der Waals surface area contributed by atoms with Crippen LogP contribution < -0.4 is 4.74 Å². The summed E-state index contributed by atoms with van der Waals surface area (Å²) in [7, 11) is 0. The van der Waals surface area contributed by atoms with Gasteiger partial charge in [-0.3, -0.25) is 0 Å². The molecule has 0 unspecified atom stereocenters. The van der Waals surface area contributed by atoms with Crippen LogP contribution in [-0.4, -0.2) is 42.4 Å². The first kappa shape index (κ1) is 13.4. The van der Waals surface area contributed by atoms with E-state index < -0.39 is 6.10 Å². The van der Waals surface area contributed by atoms with Gasteiger partial charge in [0.25, 0.3) is 0 Å². The normalized spacial score (nSPS) is 22.7. The Labute approximate surface area is 109 Å². The molecule has 1 N–H and O–H groups in total. The van der Waals surface area contributed by atoms with Crippen LogP contribution in [-0.2, 0) is 0 Å². The molecule has 1 aromatic rings. The molecule has 0 spiro atoms. The zero-order valence-corrected chi connectivity index (χ0v) is 11.1. The molecule has 2 atom stereocenters. The Hall–Kier alpha value is -1.06. The van der Waals surface area contributed by atoms with Gasteiger partial charge in [-0.1, -0.05) is 25.1 Å². The first-order valence-electron chi connectivity index (χ1n) is 6.82. The quantitative estimate of drug-likeness (QED) is 0.868. The molecule has 0 aromatic heterocycles. The number of para-hydroxylation sites is 1. The zero-order chi connectivity index (χ0) is 12.8. The largest absolute Gasteiger partial charge is 0.491 e. The molecule has 0 saturated carbocycles. The van der Waals surface area contributed by atoms with Gasteiger partial charge in [0, 0.05) is 13.1 Å². The molecule has 1 aliphatic rings. The number of rotatable bonds is 5. The maximum absolute atomic E-state index is 9.98. The number of ether oxygens (including phenoxy) is 1. The average molecular weight is 249 g/mol. The van der Waals surface area contributed by atoms with E-state index in [0.717, 1.165) is 31.3 Å². The van der Waals surface area contributed by atoms with Crippen LogP contribution in [0.5, 0.6) is 5.75 Å². The van der Waals surface area contributed by atoms with Gasteiger partial charge in [-0.2, -0.15) is 0 Å². The third-order valence-corrected chi connectivity index (χ3v) is 3.40. The Morgan fingerprint density at radius 3 is 2.89 bits per heavy atom. The van der Waals surface area contributed by atoms with Crippen molar-refractivity contribution in [3.05, 3.63) is 30.3 Å². The number of likely N-dealkylation sites (tertiary alicyclic amines) is 1. The molecule has 0 aliphatic carbocycles. The number of hydrogen-bond donors (Lipinski definition) is 1. The number of hydrogen-bond acceptors (Lipinski definition) is 3. The smallest absolute Gasteiger partial charge is 0.119 e. The molecule has 1 saturated heterocycles. The molecule has 1 fully saturated rings. The summed E-state index contributed by atoms with van der Waals surface area (Å²) >= 11 is 0. The van der Waals surface area contributed by atoms with Crippen LogP contribution in [0.1, 0.15) is 19.8 Å². The van der Waals surface area contributed by atoms with E-state index in [-0.39, 0.29) is 0 Å². The molecule has 0 amide bonds. The van der Waals surface area contributed by atoms with Gasteiger partial charge >= 0.3 is 0 Å². The van der Waals surface area contributed by atoms with Gasteiger partial charge < -0.3 is 14.7 Å². The Balaban J connectivity index is 1.70. The molecule has 1 aromatic carbocycles. The monoisotopic (exact) mass is 249 g/mol. The Bertz CT molecular complexity index is 342. The summed E-state index contributed by atoms with van der Waals surface area (Å²) < 4.78 is 5.56. The fourth-order valence-corrected chi connectivity index (χ4v) is 2.51. The topological polar surface area (TPSA) is 32.7 Å². The van der Waals surface area contributed by atoms with Crippen molar-refractivity contribution in [1.82, 2.24) is 4.90 Å². The maximum Gasteiger partial charge on any atom is 0.119 e. The number of β-amino-alcohol motifs (C(OH)–C–C–N with tert-alkyl or cyclic N) is 1. The molecule has 2 rings (SSSR count). The van der Waals surface area contributed by atoms with Crippen LogP contribution in [0.4, 0.5) is 0 Å². The lowest BCUT2D eigenvalue weighted by molar-refractivity contribution is 0.0537. The van der Waals surface area contributed by atoms with Crippen molar-refractivity contribution in [3.63, 3.8) is 0 Å². The summed E-state index contributed by atoms with van der Waals surface area (Å²) in [4.78, 5) is 2.34. The van der Waals surface area contributed by atoms with Crippen LogP contribution in [0.15, 0.2) is 30.3 Å². The van der Waals surface area contributed by atoms with Crippen molar-refractivity contribution < 1.29 is 9.84 Å².